The van der Waals surface area contributed by atoms with Crippen molar-refractivity contribution in [2.24, 2.45) is 7.05 Å². The number of benzene rings is 1. The summed E-state index contributed by atoms with van der Waals surface area (Å²) in [6.45, 7) is 1.78. The van der Waals surface area contributed by atoms with E-state index in [4.69, 9.17) is 0 Å². The van der Waals surface area contributed by atoms with E-state index in [0.29, 0.717) is 0 Å². The molecule has 0 aliphatic heterocycles. The molecule has 2 rings (SSSR count). The molecule has 16 heavy (non-hydrogen) atoms. The zero-order valence-electron chi connectivity index (χ0n) is 9.29. The monoisotopic (exact) mass is 234 g/mol. The Morgan fingerprint density at radius 2 is 2.12 bits per heavy atom. The van der Waals surface area contributed by atoms with E-state index in [1.54, 1.807) is 24.9 Å². The van der Waals surface area contributed by atoms with Gasteiger partial charge in [0, 0.05) is 24.3 Å². The predicted octanol–water partition coefficient (Wildman–Crippen LogP) is 2.62. The summed E-state index contributed by atoms with van der Waals surface area (Å²) >= 11 is 1.57. The molecule has 0 amide bonds. The fraction of sp³-hybridized carbons (Fsp3) is 0.250. The van der Waals surface area contributed by atoms with Gasteiger partial charge in [0.25, 0.3) is 0 Å². The number of aliphatic hydroxyl groups excluding tert-OH is 1. The summed E-state index contributed by atoms with van der Waals surface area (Å²) in [6.07, 6.45) is 3.23. The van der Waals surface area contributed by atoms with Gasteiger partial charge >= 0.3 is 0 Å². The maximum Gasteiger partial charge on any atom is 0.172 e. The molecular weight excluding hydrogens is 220 g/mol. The lowest BCUT2D eigenvalue weighted by Crippen LogP contribution is -1.95. The summed E-state index contributed by atoms with van der Waals surface area (Å²) in [6, 6.07) is 7.85. The van der Waals surface area contributed by atoms with E-state index in [-0.39, 0.29) is 0 Å². The van der Waals surface area contributed by atoms with Gasteiger partial charge in [-0.05, 0) is 18.6 Å². The third-order valence-electron chi connectivity index (χ3n) is 2.35. The highest BCUT2D eigenvalue weighted by molar-refractivity contribution is 7.99. The highest BCUT2D eigenvalue weighted by Crippen LogP contribution is 2.31. The number of imidazole rings is 1. The second kappa shape index (κ2) is 4.72. The molecule has 0 spiro atoms. The van der Waals surface area contributed by atoms with E-state index in [9.17, 15) is 5.11 Å². The molecular formula is C12H14N2OS. The summed E-state index contributed by atoms with van der Waals surface area (Å²) < 4.78 is 1.96. The second-order valence-corrected chi connectivity index (χ2v) is 4.65. The van der Waals surface area contributed by atoms with E-state index < -0.39 is 6.10 Å². The van der Waals surface area contributed by atoms with Crippen molar-refractivity contribution in [3.05, 3.63) is 42.2 Å². The highest BCUT2D eigenvalue weighted by Gasteiger charge is 2.10. The molecule has 0 fully saturated rings. The Kier molecular flexibility index (Phi) is 3.31. The van der Waals surface area contributed by atoms with Crippen LogP contribution in [-0.4, -0.2) is 14.7 Å². The third kappa shape index (κ3) is 2.28. The van der Waals surface area contributed by atoms with Crippen LogP contribution in [0.1, 0.15) is 18.6 Å². The number of aryl methyl sites for hydroxylation is 1. The number of hydrogen-bond acceptors (Lipinski definition) is 3. The lowest BCUT2D eigenvalue weighted by Gasteiger charge is -2.10. The van der Waals surface area contributed by atoms with Gasteiger partial charge in [-0.15, -0.1) is 0 Å². The van der Waals surface area contributed by atoms with Gasteiger partial charge in [-0.3, -0.25) is 0 Å². The Bertz CT molecular complexity index is 479. The van der Waals surface area contributed by atoms with E-state index in [0.717, 1.165) is 15.6 Å². The molecule has 0 saturated heterocycles. The van der Waals surface area contributed by atoms with Crippen LogP contribution in [0.3, 0.4) is 0 Å². The van der Waals surface area contributed by atoms with Gasteiger partial charge in [-0.2, -0.15) is 0 Å². The summed E-state index contributed by atoms with van der Waals surface area (Å²) in [7, 11) is 1.96. The lowest BCUT2D eigenvalue weighted by atomic mass is 10.1. The molecule has 4 heteroatoms. The van der Waals surface area contributed by atoms with Crippen molar-refractivity contribution in [1.29, 1.82) is 0 Å². The van der Waals surface area contributed by atoms with Crippen molar-refractivity contribution in [1.82, 2.24) is 9.55 Å². The number of nitrogens with zero attached hydrogens (tertiary/aromatic N) is 2. The Morgan fingerprint density at radius 3 is 2.75 bits per heavy atom. The van der Waals surface area contributed by atoms with Crippen LogP contribution in [0.25, 0.3) is 0 Å². The molecule has 1 atom stereocenters. The normalized spacial score (nSPS) is 12.7. The number of rotatable bonds is 3. The summed E-state index contributed by atoms with van der Waals surface area (Å²) in [5.41, 5.74) is 0.940. The van der Waals surface area contributed by atoms with E-state index >= 15 is 0 Å². The van der Waals surface area contributed by atoms with Crippen molar-refractivity contribution >= 4 is 11.8 Å². The van der Waals surface area contributed by atoms with Gasteiger partial charge in [0.2, 0.25) is 0 Å². The smallest absolute Gasteiger partial charge is 0.172 e. The predicted molar refractivity (Wildman–Crippen MR) is 64.4 cm³/mol. The van der Waals surface area contributed by atoms with Crippen LogP contribution in [0, 0.1) is 0 Å². The maximum atomic E-state index is 9.66. The molecule has 0 unspecified atom stereocenters. The first-order valence-corrected chi connectivity index (χ1v) is 5.92. The zero-order chi connectivity index (χ0) is 11.5. The molecule has 1 heterocycles. The second-order valence-electron chi connectivity index (χ2n) is 3.64. The molecule has 1 aromatic heterocycles. The SMILES string of the molecule is C[C@H](O)c1ccccc1Sc1nccn1C. The van der Waals surface area contributed by atoms with Crippen LogP contribution in [0.5, 0.6) is 0 Å². The Balaban J connectivity index is 2.31. The zero-order valence-corrected chi connectivity index (χ0v) is 10.1. The average Bonchev–Trinajstić information content (AvgIpc) is 2.65. The van der Waals surface area contributed by atoms with Gasteiger partial charge in [0.05, 0.1) is 6.10 Å². The molecule has 3 nitrogen and oxygen atoms in total. The Hall–Kier alpha value is -1.26. The minimum atomic E-state index is -0.455. The molecule has 0 aliphatic rings. The van der Waals surface area contributed by atoms with Crippen LogP contribution in [0.15, 0.2) is 46.7 Å². The number of hydrogen-bond donors (Lipinski definition) is 1. The van der Waals surface area contributed by atoms with E-state index in [1.807, 2.05) is 42.1 Å². The molecule has 2 aromatic rings. The van der Waals surface area contributed by atoms with Gasteiger partial charge < -0.3 is 9.67 Å². The van der Waals surface area contributed by atoms with Crippen LogP contribution < -0.4 is 0 Å². The minimum Gasteiger partial charge on any atom is -0.389 e. The number of aromatic nitrogens is 2. The molecule has 0 aliphatic carbocycles. The standard InChI is InChI=1S/C12H14N2OS/c1-9(15)10-5-3-4-6-11(10)16-12-13-7-8-14(12)2/h3-9,15H,1-2H3/t9-/m0/s1. The quantitative estimate of drug-likeness (QED) is 0.887. The summed E-state index contributed by atoms with van der Waals surface area (Å²) in [4.78, 5) is 5.30. The molecule has 1 aromatic carbocycles. The highest BCUT2D eigenvalue weighted by atomic mass is 32.2. The van der Waals surface area contributed by atoms with Crippen molar-refractivity contribution in [2.45, 2.75) is 23.1 Å². The number of aliphatic hydroxyl groups is 1. The fourth-order valence-corrected chi connectivity index (χ4v) is 2.49. The van der Waals surface area contributed by atoms with Gasteiger partial charge in [0.15, 0.2) is 5.16 Å². The Labute approximate surface area is 99.1 Å². The average molecular weight is 234 g/mol. The first-order chi connectivity index (χ1) is 7.68. The third-order valence-corrected chi connectivity index (χ3v) is 3.51. The van der Waals surface area contributed by atoms with Crippen LogP contribution in [0.4, 0.5) is 0 Å². The largest absolute Gasteiger partial charge is 0.389 e. The topological polar surface area (TPSA) is 38.1 Å². The van der Waals surface area contributed by atoms with Crippen LogP contribution in [-0.2, 0) is 7.05 Å². The van der Waals surface area contributed by atoms with Crippen molar-refractivity contribution in [3.8, 4) is 0 Å². The molecule has 84 valence electrons. The van der Waals surface area contributed by atoms with Crippen LogP contribution >= 0.6 is 11.8 Å². The van der Waals surface area contributed by atoms with E-state index in [2.05, 4.69) is 4.98 Å². The lowest BCUT2D eigenvalue weighted by molar-refractivity contribution is 0.196. The minimum absolute atomic E-state index is 0.455. The summed E-state index contributed by atoms with van der Waals surface area (Å²) in [5.74, 6) is 0. The van der Waals surface area contributed by atoms with Crippen LogP contribution in [0.2, 0.25) is 0 Å². The van der Waals surface area contributed by atoms with Gasteiger partial charge in [0.1, 0.15) is 0 Å². The maximum absolute atomic E-state index is 9.66. The van der Waals surface area contributed by atoms with Crippen molar-refractivity contribution in [3.63, 3.8) is 0 Å². The fourth-order valence-electron chi connectivity index (χ4n) is 1.47. The summed E-state index contributed by atoms with van der Waals surface area (Å²) in [5, 5.41) is 10.6. The van der Waals surface area contributed by atoms with Crippen molar-refractivity contribution < 1.29 is 5.11 Å². The van der Waals surface area contributed by atoms with Crippen molar-refractivity contribution in [2.75, 3.05) is 0 Å². The van der Waals surface area contributed by atoms with E-state index in [1.165, 1.54) is 0 Å². The molecule has 0 radical (unpaired) electrons. The molecule has 0 saturated carbocycles. The molecule has 1 N–H and O–H groups in total. The van der Waals surface area contributed by atoms with Gasteiger partial charge in [-0.25, -0.2) is 4.98 Å². The molecule has 0 bridgehead atoms. The Morgan fingerprint density at radius 1 is 1.38 bits per heavy atom. The first-order valence-electron chi connectivity index (χ1n) is 5.10. The van der Waals surface area contributed by atoms with Gasteiger partial charge in [-0.1, -0.05) is 30.0 Å². The first kappa shape index (κ1) is 11.2.